The molecule has 1 unspecified atom stereocenters. The summed E-state index contributed by atoms with van der Waals surface area (Å²) in [4.78, 5) is 25.6. The Morgan fingerprint density at radius 3 is 2.47 bits per heavy atom. The molecule has 1 N–H and O–H groups in total. The maximum atomic E-state index is 13.0. The summed E-state index contributed by atoms with van der Waals surface area (Å²) in [6.45, 7) is 0.197. The smallest absolute Gasteiger partial charge is 0.307 e. The number of rotatable bonds is 8. The van der Waals surface area contributed by atoms with Crippen LogP contribution in [0.15, 0.2) is 72.8 Å². The fourth-order valence-corrected chi connectivity index (χ4v) is 3.32. The molecule has 4 rings (SSSR count). The molecule has 0 aliphatic carbocycles. The van der Waals surface area contributed by atoms with Crippen LogP contribution in [0.25, 0.3) is 0 Å². The standard InChI is InChI=1S/C25H23NO6/c1-29-20-11-9-19(10-12-20)26-25(28)24(18-5-3-2-4-6-18)32-23(27)14-8-17-7-13-21-22(15-17)31-16-30-21/h2-7,9-13,15,24H,8,14,16H2,1H3,(H,26,28). The number of fused-ring (bicyclic) bond motifs is 1. The molecule has 0 radical (unpaired) electrons. The first-order valence-electron chi connectivity index (χ1n) is 10.2. The van der Waals surface area contributed by atoms with E-state index in [0.717, 1.165) is 5.56 Å². The van der Waals surface area contributed by atoms with Gasteiger partial charge in [0.2, 0.25) is 12.9 Å². The molecule has 0 bridgehead atoms. The van der Waals surface area contributed by atoms with Crippen molar-refractivity contribution in [3.8, 4) is 17.2 Å². The van der Waals surface area contributed by atoms with Crippen molar-refractivity contribution < 1.29 is 28.5 Å². The van der Waals surface area contributed by atoms with Gasteiger partial charge in [0.1, 0.15) is 5.75 Å². The molecule has 0 aromatic heterocycles. The zero-order chi connectivity index (χ0) is 22.3. The van der Waals surface area contributed by atoms with Crippen molar-refractivity contribution in [2.75, 3.05) is 19.2 Å². The molecular formula is C25H23NO6. The van der Waals surface area contributed by atoms with Crippen LogP contribution in [0, 0.1) is 0 Å². The molecule has 3 aromatic carbocycles. The van der Waals surface area contributed by atoms with E-state index in [4.69, 9.17) is 18.9 Å². The molecule has 7 nitrogen and oxygen atoms in total. The second-order valence-electron chi connectivity index (χ2n) is 7.19. The number of anilines is 1. The Bertz CT molecular complexity index is 1080. The highest BCUT2D eigenvalue weighted by Crippen LogP contribution is 2.33. The molecule has 0 saturated heterocycles. The van der Waals surface area contributed by atoms with Crippen LogP contribution in [0.1, 0.15) is 23.7 Å². The lowest BCUT2D eigenvalue weighted by molar-refractivity contribution is -0.154. The number of methoxy groups -OCH3 is 1. The lowest BCUT2D eigenvalue weighted by Gasteiger charge is -2.18. The first-order chi connectivity index (χ1) is 15.6. The topological polar surface area (TPSA) is 83.1 Å². The van der Waals surface area contributed by atoms with Gasteiger partial charge in [0.25, 0.3) is 5.91 Å². The number of amides is 1. The van der Waals surface area contributed by atoms with Crippen molar-refractivity contribution in [3.05, 3.63) is 83.9 Å². The number of hydrogen-bond donors (Lipinski definition) is 1. The van der Waals surface area contributed by atoms with E-state index in [-0.39, 0.29) is 13.2 Å². The fourth-order valence-electron chi connectivity index (χ4n) is 3.32. The molecule has 1 aliphatic rings. The third-order valence-electron chi connectivity index (χ3n) is 5.00. The monoisotopic (exact) mass is 433 g/mol. The van der Waals surface area contributed by atoms with Crippen molar-refractivity contribution in [1.29, 1.82) is 0 Å². The minimum atomic E-state index is -1.07. The van der Waals surface area contributed by atoms with E-state index in [2.05, 4.69) is 5.32 Å². The number of ether oxygens (including phenoxy) is 4. The molecule has 1 heterocycles. The SMILES string of the molecule is COc1ccc(NC(=O)C(OC(=O)CCc2ccc3c(c2)OCO3)c2ccccc2)cc1. The lowest BCUT2D eigenvalue weighted by Crippen LogP contribution is -2.26. The molecule has 1 atom stereocenters. The minimum absolute atomic E-state index is 0.124. The van der Waals surface area contributed by atoms with E-state index in [1.54, 1.807) is 55.6 Å². The van der Waals surface area contributed by atoms with Crippen molar-refractivity contribution >= 4 is 17.6 Å². The van der Waals surface area contributed by atoms with Gasteiger partial charge in [-0.2, -0.15) is 0 Å². The Kier molecular flexibility index (Phi) is 6.55. The van der Waals surface area contributed by atoms with Gasteiger partial charge >= 0.3 is 5.97 Å². The predicted molar refractivity (Wildman–Crippen MR) is 118 cm³/mol. The minimum Gasteiger partial charge on any atom is -0.497 e. The van der Waals surface area contributed by atoms with Gasteiger partial charge in [-0.3, -0.25) is 9.59 Å². The van der Waals surface area contributed by atoms with E-state index >= 15 is 0 Å². The summed E-state index contributed by atoms with van der Waals surface area (Å²) in [7, 11) is 1.57. The Balaban J connectivity index is 1.41. The average molecular weight is 433 g/mol. The van der Waals surface area contributed by atoms with Crippen molar-refractivity contribution in [2.24, 2.45) is 0 Å². The summed E-state index contributed by atoms with van der Waals surface area (Å²) >= 11 is 0. The molecule has 32 heavy (non-hydrogen) atoms. The van der Waals surface area contributed by atoms with Crippen LogP contribution in [0.5, 0.6) is 17.2 Å². The van der Waals surface area contributed by atoms with E-state index in [1.165, 1.54) is 0 Å². The van der Waals surface area contributed by atoms with Gasteiger partial charge in [0, 0.05) is 17.7 Å². The Morgan fingerprint density at radius 1 is 0.969 bits per heavy atom. The van der Waals surface area contributed by atoms with Crippen molar-refractivity contribution in [3.63, 3.8) is 0 Å². The number of esters is 1. The summed E-state index contributed by atoms with van der Waals surface area (Å²) < 4.78 is 21.4. The summed E-state index contributed by atoms with van der Waals surface area (Å²) in [6, 6.07) is 21.4. The van der Waals surface area contributed by atoms with Gasteiger partial charge in [-0.1, -0.05) is 36.4 Å². The van der Waals surface area contributed by atoms with Crippen LogP contribution in [-0.4, -0.2) is 25.8 Å². The third-order valence-corrected chi connectivity index (χ3v) is 5.00. The molecule has 0 spiro atoms. The number of benzene rings is 3. The zero-order valence-electron chi connectivity index (χ0n) is 17.6. The van der Waals surface area contributed by atoms with Crippen LogP contribution < -0.4 is 19.5 Å². The van der Waals surface area contributed by atoms with Crippen LogP contribution in [-0.2, 0) is 20.7 Å². The highest BCUT2D eigenvalue weighted by Gasteiger charge is 2.25. The van der Waals surface area contributed by atoms with E-state index in [1.807, 2.05) is 24.3 Å². The van der Waals surface area contributed by atoms with E-state index in [9.17, 15) is 9.59 Å². The molecule has 164 valence electrons. The van der Waals surface area contributed by atoms with E-state index in [0.29, 0.717) is 34.9 Å². The number of nitrogens with one attached hydrogen (secondary N) is 1. The quantitative estimate of drug-likeness (QED) is 0.534. The van der Waals surface area contributed by atoms with Crippen LogP contribution in [0.4, 0.5) is 5.69 Å². The first-order valence-corrected chi connectivity index (χ1v) is 10.2. The second-order valence-corrected chi connectivity index (χ2v) is 7.19. The van der Waals surface area contributed by atoms with Crippen LogP contribution >= 0.6 is 0 Å². The highest BCUT2D eigenvalue weighted by atomic mass is 16.7. The Hall–Kier alpha value is -4.00. The van der Waals surface area contributed by atoms with Crippen LogP contribution in [0.2, 0.25) is 0 Å². The molecule has 0 fully saturated rings. The number of aryl methyl sites for hydroxylation is 1. The largest absolute Gasteiger partial charge is 0.497 e. The number of hydrogen-bond acceptors (Lipinski definition) is 6. The average Bonchev–Trinajstić information content (AvgIpc) is 3.30. The maximum absolute atomic E-state index is 13.0. The molecule has 7 heteroatoms. The zero-order valence-corrected chi connectivity index (χ0v) is 17.6. The Labute approximate surface area is 185 Å². The van der Waals surface area contributed by atoms with Gasteiger partial charge in [-0.25, -0.2) is 0 Å². The lowest BCUT2D eigenvalue weighted by atomic mass is 10.1. The first kappa shape index (κ1) is 21.2. The van der Waals surface area contributed by atoms with Gasteiger partial charge in [0.15, 0.2) is 11.5 Å². The second kappa shape index (κ2) is 9.87. The molecule has 1 aliphatic heterocycles. The van der Waals surface area contributed by atoms with E-state index < -0.39 is 18.0 Å². The fraction of sp³-hybridized carbons (Fsp3) is 0.200. The summed E-state index contributed by atoms with van der Waals surface area (Å²) in [5, 5.41) is 2.80. The van der Waals surface area contributed by atoms with Crippen molar-refractivity contribution in [2.45, 2.75) is 18.9 Å². The molecule has 1 amide bonds. The predicted octanol–water partition coefficient (Wildman–Crippen LogP) is 4.28. The molecular weight excluding hydrogens is 410 g/mol. The van der Waals surface area contributed by atoms with Gasteiger partial charge in [-0.05, 0) is 48.4 Å². The summed E-state index contributed by atoms with van der Waals surface area (Å²) in [5.41, 5.74) is 2.09. The maximum Gasteiger partial charge on any atom is 0.307 e. The Morgan fingerprint density at radius 2 is 1.72 bits per heavy atom. The molecule has 0 saturated carbocycles. The normalized spacial score (nSPS) is 12.7. The summed E-state index contributed by atoms with van der Waals surface area (Å²) in [5.74, 6) is 1.13. The highest BCUT2D eigenvalue weighted by molar-refractivity contribution is 5.96. The van der Waals surface area contributed by atoms with Gasteiger partial charge in [0.05, 0.1) is 7.11 Å². The molecule has 3 aromatic rings. The van der Waals surface area contributed by atoms with Crippen LogP contribution in [0.3, 0.4) is 0 Å². The van der Waals surface area contributed by atoms with Gasteiger partial charge < -0.3 is 24.3 Å². The third kappa shape index (κ3) is 5.18. The number of carbonyl (C=O) groups is 2. The number of carbonyl (C=O) groups excluding carboxylic acids is 2. The van der Waals surface area contributed by atoms with Gasteiger partial charge in [-0.15, -0.1) is 0 Å². The van der Waals surface area contributed by atoms with Crippen molar-refractivity contribution in [1.82, 2.24) is 0 Å². The summed E-state index contributed by atoms with van der Waals surface area (Å²) in [6.07, 6.45) is -0.488.